The van der Waals surface area contributed by atoms with Crippen LogP contribution in [-0.2, 0) is 4.74 Å². The molecule has 0 amide bonds. The van der Waals surface area contributed by atoms with Crippen LogP contribution in [0.3, 0.4) is 0 Å². The molecule has 1 unspecified atom stereocenters. The van der Waals surface area contributed by atoms with Crippen LogP contribution in [0.5, 0.6) is 0 Å². The fourth-order valence-corrected chi connectivity index (χ4v) is 1.33. The number of hydrogen-bond acceptors (Lipinski definition) is 1. The lowest BCUT2D eigenvalue weighted by Gasteiger charge is -2.07. The van der Waals surface area contributed by atoms with Crippen LogP contribution in [0.1, 0.15) is 52.4 Å². The maximum absolute atomic E-state index is 5.18. The molecule has 0 spiro atoms. The highest BCUT2D eigenvalue weighted by atomic mass is 16.5. The van der Waals surface area contributed by atoms with Gasteiger partial charge in [0, 0.05) is 7.11 Å². The van der Waals surface area contributed by atoms with Gasteiger partial charge in [-0.2, -0.15) is 0 Å². The Morgan fingerprint density at radius 3 is 2.46 bits per heavy atom. The third kappa shape index (κ3) is 9.62. The molecule has 0 aliphatic carbocycles. The summed E-state index contributed by atoms with van der Waals surface area (Å²) in [5.41, 5.74) is 0. The van der Waals surface area contributed by atoms with Gasteiger partial charge in [-0.3, -0.25) is 0 Å². The lowest BCUT2D eigenvalue weighted by molar-refractivity contribution is 0.108. The molecule has 1 nitrogen and oxygen atoms in total. The summed E-state index contributed by atoms with van der Waals surface area (Å²) in [4.78, 5) is 0. The van der Waals surface area contributed by atoms with Gasteiger partial charge in [0.1, 0.15) is 0 Å². The predicted molar refractivity (Wildman–Crippen MR) is 59.0 cm³/mol. The van der Waals surface area contributed by atoms with Gasteiger partial charge in [0.15, 0.2) is 0 Å². The second-order valence-electron chi connectivity index (χ2n) is 3.61. The number of methoxy groups -OCH3 is 1. The number of unbranched alkanes of at least 4 members (excludes halogenated alkanes) is 4. The van der Waals surface area contributed by atoms with Crippen molar-refractivity contribution in [3.63, 3.8) is 0 Å². The van der Waals surface area contributed by atoms with Crippen molar-refractivity contribution in [2.24, 2.45) is 0 Å². The lowest BCUT2D eigenvalue weighted by Crippen LogP contribution is -2.03. The molecule has 0 bridgehead atoms. The fourth-order valence-electron chi connectivity index (χ4n) is 1.33. The van der Waals surface area contributed by atoms with Gasteiger partial charge in [-0.05, 0) is 33.1 Å². The summed E-state index contributed by atoms with van der Waals surface area (Å²) < 4.78 is 5.18. The first-order chi connectivity index (χ1) is 6.31. The SMILES string of the molecule is C/C=C/CCCCCCC(C)OC. The summed E-state index contributed by atoms with van der Waals surface area (Å²) in [6, 6.07) is 0. The van der Waals surface area contributed by atoms with E-state index >= 15 is 0 Å². The van der Waals surface area contributed by atoms with Crippen molar-refractivity contribution in [3.8, 4) is 0 Å². The summed E-state index contributed by atoms with van der Waals surface area (Å²) in [5, 5.41) is 0. The molecule has 0 N–H and O–H groups in total. The standard InChI is InChI=1S/C12H24O/c1-4-5-6-7-8-9-10-11-12(2)13-3/h4-5,12H,6-11H2,1-3H3/b5-4+. The van der Waals surface area contributed by atoms with E-state index in [1.165, 1.54) is 38.5 Å². The molecule has 0 aliphatic heterocycles. The van der Waals surface area contributed by atoms with Crippen molar-refractivity contribution in [3.05, 3.63) is 12.2 Å². The minimum atomic E-state index is 0.440. The molecule has 0 radical (unpaired) electrons. The normalized spacial score (nSPS) is 13.8. The zero-order valence-corrected chi connectivity index (χ0v) is 9.38. The van der Waals surface area contributed by atoms with E-state index in [1.54, 1.807) is 7.11 Å². The number of rotatable bonds is 8. The van der Waals surface area contributed by atoms with Crippen LogP contribution in [0.15, 0.2) is 12.2 Å². The topological polar surface area (TPSA) is 9.23 Å². The molecule has 1 atom stereocenters. The molecule has 0 aromatic heterocycles. The first kappa shape index (κ1) is 12.7. The van der Waals surface area contributed by atoms with Crippen LogP contribution in [0.2, 0.25) is 0 Å². The Labute approximate surface area is 83.2 Å². The van der Waals surface area contributed by atoms with Crippen molar-refractivity contribution < 1.29 is 4.74 Å². The van der Waals surface area contributed by atoms with E-state index < -0.39 is 0 Å². The van der Waals surface area contributed by atoms with Crippen LogP contribution in [0.25, 0.3) is 0 Å². The molecule has 1 heteroatoms. The van der Waals surface area contributed by atoms with Crippen LogP contribution < -0.4 is 0 Å². The van der Waals surface area contributed by atoms with E-state index in [1.807, 2.05) is 0 Å². The second kappa shape index (κ2) is 9.79. The van der Waals surface area contributed by atoms with Crippen LogP contribution >= 0.6 is 0 Å². The molecule has 0 heterocycles. The largest absolute Gasteiger partial charge is 0.382 e. The summed E-state index contributed by atoms with van der Waals surface area (Å²) >= 11 is 0. The molecule has 78 valence electrons. The first-order valence-electron chi connectivity index (χ1n) is 5.45. The Bertz CT molecular complexity index is 118. The Balaban J connectivity index is 2.99. The maximum Gasteiger partial charge on any atom is 0.0543 e. The quantitative estimate of drug-likeness (QED) is 0.410. The predicted octanol–water partition coefficient (Wildman–Crippen LogP) is 3.94. The van der Waals surface area contributed by atoms with Gasteiger partial charge < -0.3 is 4.74 Å². The molecule has 0 fully saturated rings. The van der Waals surface area contributed by atoms with E-state index in [0.717, 1.165) is 0 Å². The molecule has 0 saturated heterocycles. The second-order valence-corrected chi connectivity index (χ2v) is 3.61. The van der Waals surface area contributed by atoms with Crippen LogP contribution in [0.4, 0.5) is 0 Å². The lowest BCUT2D eigenvalue weighted by atomic mass is 10.1. The van der Waals surface area contributed by atoms with E-state index in [0.29, 0.717) is 6.10 Å². The average Bonchev–Trinajstić information content (AvgIpc) is 2.16. The molecule has 0 aromatic carbocycles. The van der Waals surface area contributed by atoms with Crippen molar-refractivity contribution in [1.29, 1.82) is 0 Å². The molecule has 0 aliphatic rings. The van der Waals surface area contributed by atoms with Gasteiger partial charge in [-0.15, -0.1) is 0 Å². The average molecular weight is 184 g/mol. The maximum atomic E-state index is 5.18. The smallest absolute Gasteiger partial charge is 0.0543 e. The van der Waals surface area contributed by atoms with Gasteiger partial charge in [0.2, 0.25) is 0 Å². The summed E-state index contributed by atoms with van der Waals surface area (Å²) in [6.45, 7) is 4.22. The minimum Gasteiger partial charge on any atom is -0.382 e. The number of hydrogen-bond donors (Lipinski definition) is 0. The van der Waals surface area contributed by atoms with E-state index in [9.17, 15) is 0 Å². The summed E-state index contributed by atoms with van der Waals surface area (Å²) in [5.74, 6) is 0. The van der Waals surface area contributed by atoms with E-state index in [4.69, 9.17) is 4.74 Å². The molecule has 0 saturated carbocycles. The van der Waals surface area contributed by atoms with Gasteiger partial charge in [-0.25, -0.2) is 0 Å². The Hall–Kier alpha value is -0.300. The summed E-state index contributed by atoms with van der Waals surface area (Å²) in [6.07, 6.45) is 12.6. The van der Waals surface area contributed by atoms with Gasteiger partial charge in [0.05, 0.1) is 6.10 Å². The third-order valence-corrected chi connectivity index (χ3v) is 2.37. The third-order valence-electron chi connectivity index (χ3n) is 2.37. The highest BCUT2D eigenvalue weighted by Crippen LogP contribution is 2.08. The zero-order chi connectivity index (χ0) is 9.94. The van der Waals surface area contributed by atoms with Gasteiger partial charge in [-0.1, -0.05) is 31.4 Å². The van der Waals surface area contributed by atoms with E-state index in [2.05, 4.69) is 26.0 Å². The minimum absolute atomic E-state index is 0.440. The molecular weight excluding hydrogens is 160 g/mol. The Morgan fingerprint density at radius 1 is 1.15 bits per heavy atom. The van der Waals surface area contributed by atoms with E-state index in [-0.39, 0.29) is 0 Å². The number of ether oxygens (including phenoxy) is 1. The van der Waals surface area contributed by atoms with Gasteiger partial charge in [0.25, 0.3) is 0 Å². The Kier molecular flexibility index (Phi) is 9.56. The zero-order valence-electron chi connectivity index (χ0n) is 9.38. The Morgan fingerprint density at radius 2 is 1.85 bits per heavy atom. The molecule has 0 rings (SSSR count). The fraction of sp³-hybridized carbons (Fsp3) is 0.833. The van der Waals surface area contributed by atoms with Crippen LogP contribution in [0, 0.1) is 0 Å². The highest BCUT2D eigenvalue weighted by molar-refractivity contribution is 4.76. The molecule has 0 aromatic rings. The van der Waals surface area contributed by atoms with Crippen molar-refractivity contribution >= 4 is 0 Å². The molecule has 13 heavy (non-hydrogen) atoms. The summed E-state index contributed by atoms with van der Waals surface area (Å²) in [7, 11) is 1.79. The van der Waals surface area contributed by atoms with Crippen LogP contribution in [-0.4, -0.2) is 13.2 Å². The van der Waals surface area contributed by atoms with Crippen molar-refractivity contribution in [2.75, 3.05) is 7.11 Å². The highest BCUT2D eigenvalue weighted by Gasteiger charge is 1.97. The van der Waals surface area contributed by atoms with Crippen molar-refractivity contribution in [2.45, 2.75) is 58.5 Å². The first-order valence-corrected chi connectivity index (χ1v) is 5.45. The monoisotopic (exact) mass is 184 g/mol. The van der Waals surface area contributed by atoms with Crippen molar-refractivity contribution in [1.82, 2.24) is 0 Å². The van der Waals surface area contributed by atoms with Gasteiger partial charge >= 0.3 is 0 Å². The molecular formula is C12H24O. The number of allylic oxidation sites excluding steroid dienone is 2.